The first-order chi connectivity index (χ1) is 34.7. The summed E-state index contributed by atoms with van der Waals surface area (Å²) in [5.74, 6) is 0.192. The number of rotatable bonds is 12. The lowest BCUT2D eigenvalue weighted by molar-refractivity contribution is -0.116. The molecule has 2 aromatic heterocycles. The average molecular weight is 929 g/mol. The summed E-state index contributed by atoms with van der Waals surface area (Å²) >= 11 is 0. The monoisotopic (exact) mass is 928 g/mol. The Labute approximate surface area is 410 Å². The second-order valence-corrected chi connectivity index (χ2v) is 15.9. The van der Waals surface area contributed by atoms with Crippen molar-refractivity contribution in [2.45, 2.75) is 0 Å². The van der Waals surface area contributed by atoms with Gasteiger partial charge < -0.3 is 34.9 Å². The molecule has 0 saturated carbocycles. The van der Waals surface area contributed by atoms with Gasteiger partial charge in [-0.15, -0.1) is 0 Å². The third-order valence-electron chi connectivity index (χ3n) is 11.0. The first-order valence-electron chi connectivity index (χ1n) is 22.3. The Morgan fingerprint density at radius 2 is 0.887 bits per heavy atom. The predicted octanol–water partition coefficient (Wildman–Crippen LogP) is 13.7. The molecular formula is C60H44N6O5. The molecular weight excluding hydrogens is 885 g/mol. The number of carbonyl (C=O) groups is 3. The number of furan rings is 2. The van der Waals surface area contributed by atoms with E-state index in [-0.39, 0.29) is 12.1 Å². The van der Waals surface area contributed by atoms with Gasteiger partial charge in [-0.05, 0) is 133 Å². The number of fused-ring (bicyclic) bond motifs is 2. The van der Waals surface area contributed by atoms with E-state index in [1.54, 1.807) is 18.2 Å². The highest BCUT2D eigenvalue weighted by atomic mass is 16.3. The van der Waals surface area contributed by atoms with Gasteiger partial charge in [-0.3, -0.25) is 14.4 Å². The van der Waals surface area contributed by atoms with E-state index in [1.165, 1.54) is 6.08 Å². The first kappa shape index (κ1) is 47.3. The molecule has 0 aliphatic heterocycles. The summed E-state index contributed by atoms with van der Waals surface area (Å²) in [7, 11) is 0. The van der Waals surface area contributed by atoms with Crippen molar-refractivity contribution in [3.8, 4) is 28.7 Å². The van der Waals surface area contributed by atoms with Crippen LogP contribution in [0.4, 0.5) is 34.1 Å². The van der Waals surface area contributed by atoms with Gasteiger partial charge in [-0.2, -0.15) is 5.26 Å². The summed E-state index contributed by atoms with van der Waals surface area (Å²) in [6.07, 6.45) is 2.29. The van der Waals surface area contributed by atoms with Crippen molar-refractivity contribution < 1.29 is 23.2 Å². The van der Waals surface area contributed by atoms with Gasteiger partial charge in [0, 0.05) is 61.6 Å². The van der Waals surface area contributed by atoms with Crippen molar-refractivity contribution in [2.75, 3.05) is 16.3 Å². The van der Waals surface area contributed by atoms with E-state index in [1.807, 2.05) is 121 Å². The molecule has 10 aromatic rings. The summed E-state index contributed by atoms with van der Waals surface area (Å²) in [5, 5.41) is 11.0. The maximum atomic E-state index is 11.3. The molecule has 0 radical (unpaired) electrons. The van der Waals surface area contributed by atoms with E-state index in [9.17, 15) is 14.4 Å². The number of hydrogen-bond acceptors (Lipinski definition) is 8. The van der Waals surface area contributed by atoms with Crippen molar-refractivity contribution in [2.24, 2.45) is 11.5 Å². The highest BCUT2D eigenvalue weighted by Crippen LogP contribution is 2.38. The fourth-order valence-corrected chi connectivity index (χ4v) is 7.70. The zero-order valence-electron chi connectivity index (χ0n) is 38.1. The molecule has 4 N–H and O–H groups in total. The van der Waals surface area contributed by atoms with Crippen molar-refractivity contribution in [3.05, 3.63) is 247 Å². The Hall–Kier alpha value is -10.2. The molecule has 0 fully saturated rings. The third kappa shape index (κ3) is 11.7. The van der Waals surface area contributed by atoms with Gasteiger partial charge in [0.1, 0.15) is 40.6 Å². The van der Waals surface area contributed by atoms with Gasteiger partial charge in [0.15, 0.2) is 0 Å². The van der Waals surface area contributed by atoms with E-state index >= 15 is 0 Å². The molecule has 0 aliphatic carbocycles. The number of primary amides is 2. The molecule has 344 valence electrons. The first-order valence-corrected chi connectivity index (χ1v) is 22.3. The minimum absolute atomic E-state index is 0.104. The van der Waals surface area contributed by atoms with Crippen LogP contribution in [0, 0.1) is 17.9 Å². The van der Waals surface area contributed by atoms with Gasteiger partial charge in [0.25, 0.3) is 18.4 Å². The number of amides is 2. The van der Waals surface area contributed by atoms with Crippen LogP contribution in [0.2, 0.25) is 0 Å². The normalized spacial score (nSPS) is 10.6. The Morgan fingerprint density at radius 3 is 1.21 bits per heavy atom. The van der Waals surface area contributed by atoms with Crippen LogP contribution in [0.15, 0.2) is 233 Å². The Kier molecular flexibility index (Phi) is 15.0. The number of nitriles is 1. The third-order valence-corrected chi connectivity index (χ3v) is 11.0. The molecule has 0 aliphatic rings. The molecule has 0 unspecified atom stereocenters. The van der Waals surface area contributed by atoms with E-state index in [0.29, 0.717) is 22.3 Å². The Balaban J connectivity index is 0.000000172. The van der Waals surface area contributed by atoms with E-state index in [4.69, 9.17) is 26.4 Å². The fraction of sp³-hybridized carbons (Fsp3) is 0.0167. The maximum Gasteiger partial charge on any atom is 0.297 e. The van der Waals surface area contributed by atoms with Gasteiger partial charge in [-0.25, -0.2) is 6.57 Å². The van der Waals surface area contributed by atoms with Crippen LogP contribution in [-0.4, -0.2) is 24.6 Å². The number of nitrogens with zero attached hydrogens (tertiary/aromatic N) is 4. The summed E-state index contributed by atoms with van der Waals surface area (Å²) in [4.78, 5) is 39.1. The molecule has 0 atom stereocenters. The molecule has 0 spiro atoms. The molecule has 71 heavy (non-hydrogen) atoms. The van der Waals surface area contributed by atoms with Gasteiger partial charge in [-0.1, -0.05) is 97.1 Å². The van der Waals surface area contributed by atoms with E-state index in [0.717, 1.165) is 73.8 Å². The molecule has 2 heterocycles. The standard InChI is InChI=1S/C30H21N3O2.C27H19NO2.C3H4N2O/c31-20-24(30(32)34)17-21-11-12-23-19-29(35-28(23)18-21)22-13-15-27(16-14-22)33(25-7-3-1-4-8-25)26-9-5-2-6-10-26;29-19-20-11-12-22-18-27(30-26(22)17-20)21-13-15-25(16-14-21)28(23-7-3-1-4-8-23)24-9-5-2-6-10-24;1-5-2-3(4)6/h1-19H,(H2,32,34);1-19H;2H2,(H2,4,6). The lowest BCUT2D eigenvalue weighted by Gasteiger charge is -2.25. The minimum atomic E-state index is -0.757. The van der Waals surface area contributed by atoms with Crippen LogP contribution in [0.3, 0.4) is 0 Å². The highest BCUT2D eigenvalue weighted by molar-refractivity contribution is 6.01. The van der Waals surface area contributed by atoms with Gasteiger partial charge in [0.05, 0.1) is 0 Å². The Morgan fingerprint density at radius 1 is 0.521 bits per heavy atom. The molecule has 0 bridgehead atoms. The number of benzene rings is 8. The number of hydrogen-bond donors (Lipinski definition) is 2. The van der Waals surface area contributed by atoms with Gasteiger partial charge >= 0.3 is 0 Å². The maximum absolute atomic E-state index is 11.3. The lowest BCUT2D eigenvalue weighted by atomic mass is 10.1. The molecule has 8 aromatic carbocycles. The van der Waals surface area contributed by atoms with E-state index < -0.39 is 11.8 Å². The highest BCUT2D eigenvalue weighted by Gasteiger charge is 2.15. The van der Waals surface area contributed by atoms with Crippen molar-refractivity contribution in [1.82, 2.24) is 0 Å². The average Bonchev–Trinajstić information content (AvgIpc) is 4.05. The summed E-state index contributed by atoms with van der Waals surface area (Å²) in [6.45, 7) is 5.86. The number of aldehydes is 1. The molecule has 11 nitrogen and oxygen atoms in total. The second-order valence-electron chi connectivity index (χ2n) is 15.9. The largest absolute Gasteiger partial charge is 0.456 e. The van der Waals surface area contributed by atoms with Crippen LogP contribution < -0.4 is 21.3 Å². The van der Waals surface area contributed by atoms with Crippen LogP contribution in [-0.2, 0) is 9.59 Å². The van der Waals surface area contributed by atoms with Crippen LogP contribution >= 0.6 is 0 Å². The summed E-state index contributed by atoms with van der Waals surface area (Å²) in [5.41, 5.74) is 20.7. The zero-order valence-corrected chi connectivity index (χ0v) is 38.1. The molecule has 0 saturated heterocycles. The summed E-state index contributed by atoms with van der Waals surface area (Å²) in [6, 6.07) is 74.4. The minimum Gasteiger partial charge on any atom is -0.456 e. The van der Waals surface area contributed by atoms with Crippen molar-refractivity contribution >= 4 is 80.2 Å². The SMILES string of the molecule is N#CC(=Cc1ccc2cc(-c3ccc(N(c4ccccc4)c4ccccc4)cc3)oc2c1)C(N)=O.O=Cc1ccc2cc(-c3ccc(N(c4ccccc4)c4ccccc4)cc3)oc2c1.[C-]#[N+]CC(N)=O. The van der Waals surface area contributed by atoms with Crippen LogP contribution in [0.25, 0.3) is 55.5 Å². The summed E-state index contributed by atoms with van der Waals surface area (Å²) < 4.78 is 12.1. The fourth-order valence-electron chi connectivity index (χ4n) is 7.70. The predicted molar refractivity (Wildman–Crippen MR) is 282 cm³/mol. The van der Waals surface area contributed by atoms with Gasteiger partial charge in [0.2, 0.25) is 0 Å². The van der Waals surface area contributed by atoms with Crippen LogP contribution in [0.1, 0.15) is 15.9 Å². The Bertz CT molecular complexity index is 3460. The second kappa shape index (κ2) is 22.5. The van der Waals surface area contributed by atoms with Crippen molar-refractivity contribution in [1.29, 1.82) is 5.26 Å². The number of para-hydroxylation sites is 4. The van der Waals surface area contributed by atoms with E-state index in [2.05, 4.69) is 105 Å². The zero-order chi connectivity index (χ0) is 49.5. The topological polar surface area (TPSA) is 164 Å². The number of carbonyl (C=O) groups excluding carboxylic acids is 3. The lowest BCUT2D eigenvalue weighted by Crippen LogP contribution is -2.12. The molecule has 10 rings (SSSR count). The van der Waals surface area contributed by atoms with Crippen LogP contribution in [0.5, 0.6) is 0 Å². The quantitative estimate of drug-likeness (QED) is 0.0529. The smallest absolute Gasteiger partial charge is 0.297 e. The molecule has 11 heteroatoms. The molecule has 2 amide bonds. The number of nitrogens with two attached hydrogens (primary N) is 2. The number of anilines is 6. The van der Waals surface area contributed by atoms with Crippen molar-refractivity contribution in [3.63, 3.8) is 0 Å².